The number of morpholine rings is 1. The Morgan fingerprint density at radius 3 is 2.56 bits per heavy atom. The molecule has 3 heterocycles. The number of fused-ring (bicyclic) bond motifs is 1. The molecular formula is C20H24N6O. The van der Waals surface area contributed by atoms with Crippen LogP contribution >= 0.6 is 0 Å². The summed E-state index contributed by atoms with van der Waals surface area (Å²) in [5.74, 6) is 1.32. The van der Waals surface area contributed by atoms with Gasteiger partial charge in [-0.25, -0.2) is 9.97 Å². The van der Waals surface area contributed by atoms with E-state index in [1.807, 2.05) is 0 Å². The highest BCUT2D eigenvalue weighted by Crippen LogP contribution is 2.27. The lowest BCUT2D eigenvalue weighted by Crippen LogP contribution is -2.46. The Bertz CT molecular complexity index is 966. The lowest BCUT2D eigenvalue weighted by molar-refractivity contribution is -0.00569. The molecule has 7 nitrogen and oxygen atoms in total. The molecule has 0 bridgehead atoms. The molecule has 1 aromatic carbocycles. The molecule has 0 amide bonds. The van der Waals surface area contributed by atoms with E-state index in [-0.39, 0.29) is 12.2 Å². The van der Waals surface area contributed by atoms with Crippen molar-refractivity contribution in [2.24, 2.45) is 0 Å². The molecular weight excluding hydrogens is 340 g/mol. The zero-order valence-corrected chi connectivity index (χ0v) is 16.1. The summed E-state index contributed by atoms with van der Waals surface area (Å²) < 4.78 is 5.84. The van der Waals surface area contributed by atoms with E-state index in [2.05, 4.69) is 71.1 Å². The lowest BCUT2D eigenvalue weighted by Gasteiger charge is -2.35. The number of hydrogen-bond donors (Lipinski definition) is 1. The predicted molar refractivity (Wildman–Crippen MR) is 107 cm³/mol. The summed E-state index contributed by atoms with van der Waals surface area (Å²) in [5.41, 5.74) is 4.59. The second-order valence-electron chi connectivity index (χ2n) is 7.21. The Morgan fingerprint density at radius 1 is 1.04 bits per heavy atom. The average molecular weight is 364 g/mol. The predicted octanol–water partition coefficient (Wildman–Crippen LogP) is 3.39. The van der Waals surface area contributed by atoms with Crippen molar-refractivity contribution in [3.63, 3.8) is 0 Å². The second-order valence-corrected chi connectivity index (χ2v) is 7.21. The molecule has 0 spiro atoms. The third-order valence-electron chi connectivity index (χ3n) is 4.67. The third kappa shape index (κ3) is 3.68. The molecule has 0 aliphatic carbocycles. The monoisotopic (exact) mass is 364 g/mol. The summed E-state index contributed by atoms with van der Waals surface area (Å²) in [6.45, 7) is 9.78. The van der Waals surface area contributed by atoms with Crippen LogP contribution in [0, 0.1) is 13.8 Å². The van der Waals surface area contributed by atoms with Gasteiger partial charge in [0.25, 0.3) is 0 Å². The molecule has 140 valence electrons. The van der Waals surface area contributed by atoms with Crippen LogP contribution in [0.4, 0.5) is 17.5 Å². The average Bonchev–Trinajstić information content (AvgIpc) is 2.64. The number of ether oxygens (including phenoxy) is 1. The van der Waals surface area contributed by atoms with Crippen molar-refractivity contribution in [3.05, 3.63) is 41.7 Å². The molecule has 2 atom stereocenters. The van der Waals surface area contributed by atoms with Crippen molar-refractivity contribution in [1.29, 1.82) is 0 Å². The van der Waals surface area contributed by atoms with Crippen LogP contribution in [-0.4, -0.2) is 45.2 Å². The second kappa shape index (κ2) is 7.08. The van der Waals surface area contributed by atoms with Crippen LogP contribution in [0.5, 0.6) is 0 Å². The first-order valence-electron chi connectivity index (χ1n) is 9.23. The van der Waals surface area contributed by atoms with Crippen molar-refractivity contribution in [2.75, 3.05) is 23.3 Å². The van der Waals surface area contributed by atoms with E-state index in [0.29, 0.717) is 22.9 Å². The zero-order chi connectivity index (χ0) is 19.0. The van der Waals surface area contributed by atoms with Gasteiger partial charge in [0.15, 0.2) is 17.0 Å². The molecule has 1 aliphatic heterocycles. The minimum absolute atomic E-state index is 0.130. The summed E-state index contributed by atoms with van der Waals surface area (Å²) in [4.78, 5) is 20.5. The van der Waals surface area contributed by atoms with E-state index in [0.717, 1.165) is 24.3 Å². The molecule has 3 aromatic rings. The van der Waals surface area contributed by atoms with Crippen LogP contribution in [0.3, 0.4) is 0 Å². The normalized spacial score (nSPS) is 20.1. The minimum atomic E-state index is 0.130. The number of benzene rings is 1. The van der Waals surface area contributed by atoms with Gasteiger partial charge in [0.05, 0.1) is 12.2 Å². The van der Waals surface area contributed by atoms with Crippen LogP contribution in [0.25, 0.3) is 11.2 Å². The van der Waals surface area contributed by atoms with E-state index in [4.69, 9.17) is 9.72 Å². The van der Waals surface area contributed by atoms with Crippen molar-refractivity contribution >= 4 is 28.6 Å². The smallest absolute Gasteiger partial charge is 0.229 e. The van der Waals surface area contributed by atoms with Crippen LogP contribution in [0.15, 0.2) is 30.6 Å². The van der Waals surface area contributed by atoms with Gasteiger partial charge in [-0.2, -0.15) is 9.97 Å². The zero-order valence-electron chi connectivity index (χ0n) is 16.1. The quantitative estimate of drug-likeness (QED) is 0.763. The standard InChI is InChI=1S/C20H24N6O/c1-12-5-6-13(2)16(9-12)23-19-17-18(22-8-7-21-17)24-20(25-19)26-10-14(3)27-15(4)11-26/h5-9,14-15H,10-11H2,1-4H3,(H,22,23,24,25). The molecule has 1 fully saturated rings. The van der Waals surface area contributed by atoms with E-state index in [1.165, 1.54) is 5.56 Å². The van der Waals surface area contributed by atoms with Gasteiger partial charge in [-0.3, -0.25) is 0 Å². The highest BCUT2D eigenvalue weighted by atomic mass is 16.5. The van der Waals surface area contributed by atoms with E-state index < -0.39 is 0 Å². The number of nitrogens with one attached hydrogen (secondary N) is 1. The summed E-state index contributed by atoms with van der Waals surface area (Å²) in [6.07, 6.45) is 3.58. The molecule has 0 saturated carbocycles. The Labute approximate surface area is 158 Å². The van der Waals surface area contributed by atoms with Gasteiger partial charge in [0.2, 0.25) is 5.95 Å². The van der Waals surface area contributed by atoms with E-state index >= 15 is 0 Å². The molecule has 1 aliphatic rings. The van der Waals surface area contributed by atoms with Gasteiger partial charge in [-0.15, -0.1) is 0 Å². The van der Waals surface area contributed by atoms with Crippen molar-refractivity contribution in [2.45, 2.75) is 39.9 Å². The fraction of sp³-hybridized carbons (Fsp3) is 0.400. The maximum absolute atomic E-state index is 5.84. The molecule has 27 heavy (non-hydrogen) atoms. The van der Waals surface area contributed by atoms with Crippen LogP contribution in [0.1, 0.15) is 25.0 Å². The van der Waals surface area contributed by atoms with Crippen LogP contribution in [-0.2, 0) is 4.74 Å². The van der Waals surface area contributed by atoms with Crippen LogP contribution in [0.2, 0.25) is 0 Å². The fourth-order valence-electron chi connectivity index (χ4n) is 3.42. The number of hydrogen-bond acceptors (Lipinski definition) is 7. The SMILES string of the molecule is Cc1ccc(C)c(Nc2nc(N3CC(C)OC(C)C3)nc3nccnc23)c1. The largest absolute Gasteiger partial charge is 0.372 e. The summed E-state index contributed by atoms with van der Waals surface area (Å²) in [7, 11) is 0. The van der Waals surface area contributed by atoms with Gasteiger partial charge >= 0.3 is 0 Å². The number of anilines is 3. The Balaban J connectivity index is 1.78. The summed E-state index contributed by atoms with van der Waals surface area (Å²) in [6, 6.07) is 6.30. The highest BCUT2D eigenvalue weighted by molar-refractivity contribution is 5.86. The highest BCUT2D eigenvalue weighted by Gasteiger charge is 2.25. The molecule has 0 radical (unpaired) electrons. The number of nitrogens with zero attached hydrogens (tertiary/aromatic N) is 5. The topological polar surface area (TPSA) is 76.1 Å². The first kappa shape index (κ1) is 17.6. The van der Waals surface area contributed by atoms with Crippen molar-refractivity contribution in [3.8, 4) is 0 Å². The maximum Gasteiger partial charge on any atom is 0.229 e. The molecule has 2 unspecified atom stereocenters. The molecule has 2 aromatic heterocycles. The fourth-order valence-corrected chi connectivity index (χ4v) is 3.42. The van der Waals surface area contributed by atoms with Gasteiger partial charge in [-0.1, -0.05) is 12.1 Å². The molecule has 1 saturated heterocycles. The molecule has 1 N–H and O–H groups in total. The summed E-state index contributed by atoms with van der Waals surface area (Å²) in [5, 5.41) is 3.45. The molecule has 4 rings (SSSR count). The van der Waals surface area contributed by atoms with Crippen molar-refractivity contribution < 1.29 is 4.74 Å². The Morgan fingerprint density at radius 2 is 1.78 bits per heavy atom. The van der Waals surface area contributed by atoms with Gasteiger partial charge < -0.3 is 15.0 Å². The number of rotatable bonds is 3. The minimum Gasteiger partial charge on any atom is -0.372 e. The van der Waals surface area contributed by atoms with Gasteiger partial charge in [0, 0.05) is 31.2 Å². The van der Waals surface area contributed by atoms with E-state index in [9.17, 15) is 0 Å². The molecule has 7 heteroatoms. The van der Waals surface area contributed by atoms with Gasteiger partial charge in [0.1, 0.15) is 0 Å². The number of aryl methyl sites for hydroxylation is 2. The van der Waals surface area contributed by atoms with Crippen molar-refractivity contribution in [1.82, 2.24) is 19.9 Å². The summed E-state index contributed by atoms with van der Waals surface area (Å²) >= 11 is 0. The first-order valence-corrected chi connectivity index (χ1v) is 9.23. The van der Waals surface area contributed by atoms with Crippen LogP contribution < -0.4 is 10.2 Å². The first-order chi connectivity index (χ1) is 13.0. The lowest BCUT2D eigenvalue weighted by atomic mass is 10.1. The number of aromatic nitrogens is 4. The Kier molecular flexibility index (Phi) is 4.61. The maximum atomic E-state index is 5.84. The third-order valence-corrected chi connectivity index (χ3v) is 4.67. The van der Waals surface area contributed by atoms with E-state index in [1.54, 1.807) is 12.4 Å². The van der Waals surface area contributed by atoms with Gasteiger partial charge in [-0.05, 0) is 44.9 Å². The Hall–Kier alpha value is -2.80.